The summed E-state index contributed by atoms with van der Waals surface area (Å²) in [5.74, 6) is 2.24. The van der Waals surface area contributed by atoms with Crippen LogP contribution >= 0.6 is 0 Å². The van der Waals surface area contributed by atoms with Gasteiger partial charge in [0.25, 0.3) is 0 Å². The number of hydrogen-bond donors (Lipinski definition) is 0. The average molecular weight is 397 g/mol. The largest absolute Gasteiger partial charge is 0.487 e. The quantitative estimate of drug-likeness (QED) is 0.492. The molecule has 5 rings (SSSR count). The second kappa shape index (κ2) is 6.52. The average Bonchev–Trinajstić information content (AvgIpc) is 3.37. The molecule has 4 heteroatoms. The molecule has 1 saturated carbocycles. The summed E-state index contributed by atoms with van der Waals surface area (Å²) >= 11 is 0. The van der Waals surface area contributed by atoms with Crippen LogP contribution in [0.5, 0.6) is 0 Å². The zero-order valence-electron chi connectivity index (χ0n) is 18.0. The van der Waals surface area contributed by atoms with Gasteiger partial charge in [-0.3, -0.25) is 0 Å². The normalized spacial score (nSPS) is 40.7. The fourth-order valence-electron chi connectivity index (χ4n) is 6.74. The maximum atomic E-state index is 12.8. The van der Waals surface area contributed by atoms with Gasteiger partial charge in [-0.15, -0.1) is 0 Å². The topological polar surface area (TPSA) is 48.7 Å². The van der Waals surface area contributed by atoms with E-state index in [1.54, 1.807) is 6.26 Å². The SMILES string of the molecule is CC1=C[C@H]2C[C@](C)(CCCc3ccoc3)OC3=C(C)C(=O)O[C@@]32[C@@H]2[C@@H](C)CC[C@@H]12. The molecule has 4 nitrogen and oxygen atoms in total. The van der Waals surface area contributed by atoms with Crippen LogP contribution in [-0.4, -0.2) is 17.2 Å². The first-order chi connectivity index (χ1) is 13.8. The Morgan fingerprint density at radius 1 is 1.21 bits per heavy atom. The summed E-state index contributed by atoms with van der Waals surface area (Å²) in [5, 5.41) is 0. The van der Waals surface area contributed by atoms with Crippen molar-refractivity contribution in [1.29, 1.82) is 0 Å². The van der Waals surface area contributed by atoms with Gasteiger partial charge in [-0.25, -0.2) is 4.79 Å². The van der Waals surface area contributed by atoms with Crippen LogP contribution in [-0.2, 0) is 20.7 Å². The van der Waals surface area contributed by atoms with Gasteiger partial charge in [0.15, 0.2) is 11.4 Å². The Morgan fingerprint density at radius 3 is 2.79 bits per heavy atom. The summed E-state index contributed by atoms with van der Waals surface area (Å²) in [6.07, 6.45) is 12.2. The third-order valence-corrected chi connectivity index (χ3v) is 8.09. The Bertz CT molecular complexity index is 879. The van der Waals surface area contributed by atoms with Crippen LogP contribution in [0.25, 0.3) is 0 Å². The van der Waals surface area contributed by atoms with Crippen LogP contribution in [0.3, 0.4) is 0 Å². The predicted octanol–water partition coefficient (Wildman–Crippen LogP) is 5.59. The van der Waals surface area contributed by atoms with Gasteiger partial charge in [0.2, 0.25) is 0 Å². The van der Waals surface area contributed by atoms with E-state index in [2.05, 4.69) is 26.8 Å². The van der Waals surface area contributed by atoms with E-state index in [1.807, 2.05) is 19.3 Å². The Kier molecular flexibility index (Phi) is 4.27. The molecule has 6 atom stereocenters. The standard InChI is InChI=1S/C25H32O4/c1-15-7-8-20-16(2)12-19-13-24(4,10-5-6-18-9-11-27-14-18)28-22-17(3)23(26)29-25(19,22)21(15)20/h9,11-12,14-15,19-21H,5-8,10,13H2,1-4H3/t15-,19-,20-,21+,24-,25-/m0/s1. The first-order valence-corrected chi connectivity index (χ1v) is 11.2. The highest BCUT2D eigenvalue weighted by Gasteiger charge is 2.67. The first-order valence-electron chi connectivity index (χ1n) is 11.2. The smallest absolute Gasteiger partial charge is 0.338 e. The van der Waals surface area contributed by atoms with E-state index in [1.165, 1.54) is 24.0 Å². The fourth-order valence-corrected chi connectivity index (χ4v) is 6.74. The molecule has 29 heavy (non-hydrogen) atoms. The van der Waals surface area contributed by atoms with Gasteiger partial charge in [-0.2, -0.15) is 0 Å². The van der Waals surface area contributed by atoms with Crippen LogP contribution < -0.4 is 0 Å². The van der Waals surface area contributed by atoms with E-state index in [-0.39, 0.29) is 17.5 Å². The lowest BCUT2D eigenvalue weighted by Gasteiger charge is -2.55. The molecule has 0 radical (unpaired) electrons. The molecule has 2 aliphatic heterocycles. The van der Waals surface area contributed by atoms with Crippen molar-refractivity contribution in [2.75, 3.05) is 0 Å². The van der Waals surface area contributed by atoms with Gasteiger partial charge in [0.05, 0.1) is 18.1 Å². The number of rotatable bonds is 4. The van der Waals surface area contributed by atoms with Crippen molar-refractivity contribution in [3.63, 3.8) is 0 Å². The highest BCUT2D eigenvalue weighted by Crippen LogP contribution is 2.63. The zero-order valence-corrected chi connectivity index (χ0v) is 18.0. The van der Waals surface area contributed by atoms with E-state index < -0.39 is 5.60 Å². The van der Waals surface area contributed by atoms with Crippen LogP contribution in [0.1, 0.15) is 65.4 Å². The number of aryl methyl sites for hydroxylation is 1. The highest BCUT2D eigenvalue weighted by atomic mass is 16.6. The maximum Gasteiger partial charge on any atom is 0.338 e. The summed E-state index contributed by atoms with van der Waals surface area (Å²) in [6, 6.07) is 2.03. The molecule has 4 aliphatic rings. The van der Waals surface area contributed by atoms with Gasteiger partial charge in [0, 0.05) is 11.8 Å². The number of esters is 1. The summed E-state index contributed by atoms with van der Waals surface area (Å²) in [4.78, 5) is 12.8. The second-order valence-electron chi connectivity index (χ2n) is 10.1. The number of furan rings is 1. The molecule has 1 aromatic rings. The van der Waals surface area contributed by atoms with Crippen molar-refractivity contribution in [1.82, 2.24) is 0 Å². The molecule has 1 saturated heterocycles. The van der Waals surface area contributed by atoms with Crippen molar-refractivity contribution in [2.24, 2.45) is 23.7 Å². The molecule has 0 amide bonds. The molecule has 0 N–H and O–H groups in total. The van der Waals surface area contributed by atoms with Gasteiger partial charge in [-0.1, -0.05) is 18.6 Å². The van der Waals surface area contributed by atoms with Crippen LogP contribution in [0.4, 0.5) is 0 Å². The highest BCUT2D eigenvalue weighted by molar-refractivity contribution is 5.92. The zero-order chi connectivity index (χ0) is 20.4. The van der Waals surface area contributed by atoms with Crippen LogP contribution in [0, 0.1) is 23.7 Å². The lowest BCUT2D eigenvalue weighted by atomic mass is 9.59. The number of carbonyl (C=O) groups excluding carboxylic acids is 1. The number of allylic oxidation sites excluding steroid dienone is 1. The molecule has 0 bridgehead atoms. The Hall–Kier alpha value is -1.97. The molecule has 0 aromatic carbocycles. The second-order valence-corrected chi connectivity index (χ2v) is 10.1. The van der Waals surface area contributed by atoms with Gasteiger partial charge in [0.1, 0.15) is 5.60 Å². The van der Waals surface area contributed by atoms with Gasteiger partial charge in [-0.05, 0) is 82.8 Å². The molecule has 156 valence electrons. The van der Waals surface area contributed by atoms with Crippen molar-refractivity contribution >= 4 is 5.97 Å². The van der Waals surface area contributed by atoms with Crippen LogP contribution in [0.2, 0.25) is 0 Å². The minimum atomic E-state index is -0.578. The molecular weight excluding hydrogens is 364 g/mol. The van der Waals surface area contributed by atoms with E-state index in [4.69, 9.17) is 13.9 Å². The van der Waals surface area contributed by atoms with Crippen LogP contribution in [0.15, 0.2) is 46.0 Å². The monoisotopic (exact) mass is 396 g/mol. The van der Waals surface area contributed by atoms with Crippen molar-refractivity contribution in [2.45, 2.75) is 77.4 Å². The first kappa shape index (κ1) is 19.0. The Morgan fingerprint density at radius 2 is 2.03 bits per heavy atom. The van der Waals surface area contributed by atoms with E-state index >= 15 is 0 Å². The van der Waals surface area contributed by atoms with E-state index in [9.17, 15) is 4.79 Å². The third kappa shape index (κ3) is 2.74. The summed E-state index contributed by atoms with van der Waals surface area (Å²) < 4.78 is 18.2. The molecule has 1 spiro atoms. The Balaban J connectivity index is 1.48. The van der Waals surface area contributed by atoms with Gasteiger partial charge >= 0.3 is 5.97 Å². The summed E-state index contributed by atoms with van der Waals surface area (Å²) in [5.41, 5.74) is 2.53. The lowest BCUT2D eigenvalue weighted by Crippen LogP contribution is -2.59. The molecular formula is C25H32O4. The molecule has 2 aliphatic carbocycles. The fraction of sp³-hybridized carbons (Fsp3) is 0.640. The minimum absolute atomic E-state index is 0.182. The van der Waals surface area contributed by atoms with Gasteiger partial charge < -0.3 is 13.9 Å². The third-order valence-electron chi connectivity index (χ3n) is 8.09. The number of carbonyl (C=O) groups is 1. The molecule has 1 aromatic heterocycles. The van der Waals surface area contributed by atoms with E-state index in [0.717, 1.165) is 31.4 Å². The van der Waals surface area contributed by atoms with Crippen molar-refractivity contribution < 1.29 is 18.7 Å². The van der Waals surface area contributed by atoms with E-state index in [0.29, 0.717) is 23.3 Å². The number of ether oxygens (including phenoxy) is 2. The minimum Gasteiger partial charge on any atom is -0.487 e. The Labute approximate surface area is 173 Å². The predicted molar refractivity (Wildman–Crippen MR) is 110 cm³/mol. The summed E-state index contributed by atoms with van der Waals surface area (Å²) in [6.45, 7) is 8.71. The number of fused-ring (bicyclic) bond motifs is 1. The molecule has 2 fully saturated rings. The van der Waals surface area contributed by atoms with Crippen molar-refractivity contribution in [3.8, 4) is 0 Å². The maximum absolute atomic E-state index is 12.8. The lowest BCUT2D eigenvalue weighted by molar-refractivity contribution is -0.190. The summed E-state index contributed by atoms with van der Waals surface area (Å²) in [7, 11) is 0. The number of hydrogen-bond acceptors (Lipinski definition) is 4. The van der Waals surface area contributed by atoms with Crippen molar-refractivity contribution in [3.05, 3.63) is 47.1 Å². The molecule has 0 unspecified atom stereocenters. The molecule has 3 heterocycles.